The number of amides is 1. The molecule has 0 fully saturated rings. The highest BCUT2D eigenvalue weighted by Gasteiger charge is 1.83. The van der Waals surface area contributed by atoms with Gasteiger partial charge in [-0.3, -0.25) is 4.79 Å². The molecule has 0 aliphatic carbocycles. The summed E-state index contributed by atoms with van der Waals surface area (Å²) in [6.45, 7) is 0.520. The maximum Gasteiger partial charge on any atom is 0.210 e. The fourth-order valence-electron chi connectivity index (χ4n) is 0.192. The molecule has 0 aromatic carbocycles. The third-order valence-electron chi connectivity index (χ3n) is 0.575. The van der Waals surface area contributed by atoms with Crippen LogP contribution in [0.5, 0.6) is 0 Å². The number of nitrogens with zero attached hydrogens (tertiary/aromatic N) is 1. The van der Waals surface area contributed by atoms with Gasteiger partial charge >= 0.3 is 0 Å². The van der Waals surface area contributed by atoms with Crippen LogP contribution in [0.25, 0.3) is 0 Å². The van der Waals surface area contributed by atoms with Crippen molar-refractivity contribution >= 4 is 29.0 Å². The van der Waals surface area contributed by atoms with Crippen molar-refractivity contribution in [1.29, 1.82) is 0 Å². The van der Waals surface area contributed by atoms with Gasteiger partial charge in [0.05, 0.1) is 6.54 Å². The molecule has 0 bridgehead atoms. The van der Waals surface area contributed by atoms with Crippen LogP contribution in [0.1, 0.15) is 0 Å². The van der Waals surface area contributed by atoms with E-state index in [2.05, 4.69) is 9.85 Å². The number of hydrogen-bond acceptors (Lipinski definition) is 1. The standard InChI is InChI=1S/C5H6INO/c1-7(5-8)4-2-3-6/h5H,4H2,1H3. The van der Waals surface area contributed by atoms with Gasteiger partial charge in [0.25, 0.3) is 0 Å². The van der Waals surface area contributed by atoms with Gasteiger partial charge < -0.3 is 4.90 Å². The molecule has 0 heterocycles. The van der Waals surface area contributed by atoms with Gasteiger partial charge in [0.2, 0.25) is 6.41 Å². The summed E-state index contributed by atoms with van der Waals surface area (Å²) in [5.74, 6) is 2.73. The van der Waals surface area contributed by atoms with Crippen molar-refractivity contribution in [1.82, 2.24) is 4.90 Å². The average Bonchev–Trinajstić information content (AvgIpc) is 1.83. The van der Waals surface area contributed by atoms with Crippen LogP contribution < -0.4 is 0 Å². The van der Waals surface area contributed by atoms with Crippen LogP contribution in [0, 0.1) is 9.85 Å². The minimum Gasteiger partial charge on any atom is -0.337 e. The van der Waals surface area contributed by atoms with Crippen molar-refractivity contribution in [3.63, 3.8) is 0 Å². The quantitative estimate of drug-likeness (QED) is 0.378. The molecule has 0 atom stereocenters. The van der Waals surface area contributed by atoms with Gasteiger partial charge in [-0.1, -0.05) is 5.92 Å². The molecule has 8 heavy (non-hydrogen) atoms. The first-order valence-corrected chi connectivity index (χ1v) is 3.13. The fourth-order valence-corrected chi connectivity index (χ4v) is 0.362. The van der Waals surface area contributed by atoms with Crippen LogP contribution in [0.15, 0.2) is 0 Å². The maximum absolute atomic E-state index is 9.87. The lowest BCUT2D eigenvalue weighted by atomic mass is 10.6. The zero-order valence-electron chi connectivity index (χ0n) is 4.52. The lowest BCUT2D eigenvalue weighted by Gasteiger charge is -2.01. The normalized spacial score (nSPS) is 6.75. The minimum absolute atomic E-state index is 0.520. The first-order valence-electron chi connectivity index (χ1n) is 2.05. The van der Waals surface area contributed by atoms with Gasteiger partial charge in [0, 0.05) is 29.6 Å². The molecule has 1 amide bonds. The Balaban J connectivity index is 3.33. The summed E-state index contributed by atoms with van der Waals surface area (Å²) in [5, 5.41) is 0. The number of rotatable bonds is 2. The maximum atomic E-state index is 9.87. The number of halogens is 1. The molecule has 0 aromatic rings. The third kappa shape index (κ3) is 3.93. The summed E-state index contributed by atoms with van der Waals surface area (Å²) < 4.78 is 2.65. The predicted molar refractivity (Wildman–Crippen MR) is 40.5 cm³/mol. The Morgan fingerprint density at radius 2 is 2.50 bits per heavy atom. The molecule has 0 rings (SSSR count). The first kappa shape index (κ1) is 7.76. The van der Waals surface area contributed by atoms with Crippen molar-refractivity contribution < 1.29 is 4.79 Å². The predicted octanol–water partition coefficient (Wildman–Crippen LogP) is 0.471. The van der Waals surface area contributed by atoms with Crippen LogP contribution in [-0.4, -0.2) is 24.9 Å². The summed E-state index contributed by atoms with van der Waals surface area (Å²) in [6, 6.07) is 0. The Labute approximate surface area is 62.4 Å². The van der Waals surface area contributed by atoms with E-state index in [0.29, 0.717) is 6.54 Å². The molecule has 0 aromatic heterocycles. The van der Waals surface area contributed by atoms with Crippen LogP contribution >= 0.6 is 22.6 Å². The summed E-state index contributed by atoms with van der Waals surface area (Å²) >= 11 is 1.93. The molecule has 0 N–H and O–H groups in total. The number of hydrogen-bond donors (Lipinski definition) is 0. The molecule has 0 saturated heterocycles. The second kappa shape index (κ2) is 4.91. The summed E-state index contributed by atoms with van der Waals surface area (Å²) in [4.78, 5) is 11.3. The zero-order valence-corrected chi connectivity index (χ0v) is 6.68. The van der Waals surface area contributed by atoms with Gasteiger partial charge in [-0.25, -0.2) is 0 Å². The summed E-state index contributed by atoms with van der Waals surface area (Å²) in [6.07, 6.45) is 0.751. The molecular weight excluding hydrogens is 217 g/mol. The Kier molecular flexibility index (Phi) is 4.76. The van der Waals surface area contributed by atoms with Crippen molar-refractivity contribution in [2.45, 2.75) is 0 Å². The SMILES string of the molecule is CN(C=O)CC#CI. The molecule has 0 aliphatic heterocycles. The fraction of sp³-hybridized carbons (Fsp3) is 0.400. The first-order chi connectivity index (χ1) is 3.81. The molecule has 0 spiro atoms. The highest BCUT2D eigenvalue weighted by Crippen LogP contribution is 1.74. The van der Waals surface area contributed by atoms with Gasteiger partial charge in [-0.05, 0) is 3.93 Å². The van der Waals surface area contributed by atoms with E-state index in [-0.39, 0.29) is 0 Å². The molecule has 0 aliphatic rings. The molecule has 0 saturated carbocycles. The van der Waals surface area contributed by atoms with Crippen molar-refractivity contribution in [2.24, 2.45) is 0 Å². The van der Waals surface area contributed by atoms with Crippen LogP contribution in [0.3, 0.4) is 0 Å². The van der Waals surface area contributed by atoms with E-state index in [0.717, 1.165) is 6.41 Å². The largest absolute Gasteiger partial charge is 0.337 e. The molecule has 3 heteroatoms. The Morgan fingerprint density at radius 1 is 1.88 bits per heavy atom. The second-order valence-corrected chi connectivity index (χ2v) is 1.83. The molecule has 0 unspecified atom stereocenters. The van der Waals surface area contributed by atoms with Gasteiger partial charge in [-0.15, -0.1) is 0 Å². The molecule has 44 valence electrons. The van der Waals surface area contributed by atoms with E-state index in [4.69, 9.17) is 0 Å². The molecule has 0 radical (unpaired) electrons. The van der Waals surface area contributed by atoms with Gasteiger partial charge in [0.1, 0.15) is 0 Å². The smallest absolute Gasteiger partial charge is 0.210 e. The lowest BCUT2D eigenvalue weighted by molar-refractivity contribution is -0.116. The van der Waals surface area contributed by atoms with Crippen LogP contribution in [0.2, 0.25) is 0 Å². The van der Waals surface area contributed by atoms with Crippen molar-refractivity contribution in [3.05, 3.63) is 0 Å². The lowest BCUT2D eigenvalue weighted by Crippen LogP contribution is -2.15. The van der Waals surface area contributed by atoms with E-state index in [9.17, 15) is 4.79 Å². The minimum atomic E-state index is 0.520. The zero-order chi connectivity index (χ0) is 6.41. The van der Waals surface area contributed by atoms with Gasteiger partial charge in [0.15, 0.2) is 0 Å². The third-order valence-corrected chi connectivity index (χ3v) is 0.957. The van der Waals surface area contributed by atoms with Crippen molar-refractivity contribution in [3.8, 4) is 9.85 Å². The number of carbonyl (C=O) groups excluding carboxylic acids is 1. The Morgan fingerprint density at radius 3 is 2.88 bits per heavy atom. The number of carbonyl (C=O) groups is 1. The van der Waals surface area contributed by atoms with E-state index in [1.54, 1.807) is 7.05 Å². The Hall–Kier alpha value is -0.240. The Bertz CT molecular complexity index is 124. The second-order valence-electron chi connectivity index (χ2n) is 1.29. The van der Waals surface area contributed by atoms with E-state index in [1.165, 1.54) is 4.90 Å². The van der Waals surface area contributed by atoms with Gasteiger partial charge in [-0.2, -0.15) is 0 Å². The highest BCUT2D eigenvalue weighted by atomic mass is 127. The highest BCUT2D eigenvalue weighted by molar-refractivity contribution is 14.1. The van der Waals surface area contributed by atoms with Crippen LogP contribution in [-0.2, 0) is 4.79 Å². The summed E-state index contributed by atoms with van der Waals surface area (Å²) in [7, 11) is 1.69. The molecule has 2 nitrogen and oxygen atoms in total. The monoisotopic (exact) mass is 223 g/mol. The average molecular weight is 223 g/mol. The van der Waals surface area contributed by atoms with E-state index in [1.807, 2.05) is 22.6 Å². The summed E-state index contributed by atoms with van der Waals surface area (Å²) in [5.41, 5.74) is 0. The van der Waals surface area contributed by atoms with E-state index < -0.39 is 0 Å². The molecular formula is C5H6INO. The van der Waals surface area contributed by atoms with Crippen LogP contribution in [0.4, 0.5) is 0 Å². The topological polar surface area (TPSA) is 20.3 Å². The van der Waals surface area contributed by atoms with E-state index >= 15 is 0 Å². The van der Waals surface area contributed by atoms with Crippen molar-refractivity contribution in [2.75, 3.05) is 13.6 Å².